The summed E-state index contributed by atoms with van der Waals surface area (Å²) in [5.74, 6) is 1.02. The number of carbonyl (C=O) groups excluding carboxylic acids is 2. The highest BCUT2D eigenvalue weighted by molar-refractivity contribution is 9.10. The molecular weight excluding hydrogens is 548 g/mol. The molecule has 38 heavy (non-hydrogen) atoms. The van der Waals surface area contributed by atoms with Crippen molar-refractivity contribution in [1.29, 1.82) is 0 Å². The third-order valence-electron chi connectivity index (χ3n) is 6.20. The molecule has 0 aromatic heterocycles. The molecule has 8 heteroatoms. The maximum Gasteiger partial charge on any atom is 0.261 e. The Morgan fingerprint density at radius 3 is 2.13 bits per heavy atom. The maximum absolute atomic E-state index is 13.8. The van der Waals surface area contributed by atoms with Gasteiger partial charge in [-0.1, -0.05) is 65.3 Å². The molecule has 7 nitrogen and oxygen atoms in total. The van der Waals surface area contributed by atoms with Gasteiger partial charge in [0.05, 0.1) is 14.2 Å². The van der Waals surface area contributed by atoms with Crippen LogP contribution in [-0.2, 0) is 22.6 Å². The van der Waals surface area contributed by atoms with Crippen molar-refractivity contribution in [2.75, 3.05) is 20.8 Å². The SMILES string of the molecule is CC[C@@H](C)NC(=O)[C@@H](Cc1ccccc1)N(Cc1cccc(Br)c1)C(=O)COc1cc(OC)cc(OC)c1. The lowest BCUT2D eigenvalue weighted by molar-refractivity contribution is -0.143. The average Bonchev–Trinajstić information content (AvgIpc) is 2.93. The number of hydrogen-bond acceptors (Lipinski definition) is 5. The van der Waals surface area contributed by atoms with Gasteiger partial charge < -0.3 is 24.4 Å². The molecule has 202 valence electrons. The normalized spacial score (nSPS) is 12.2. The highest BCUT2D eigenvalue weighted by atomic mass is 79.9. The Morgan fingerprint density at radius 2 is 1.53 bits per heavy atom. The summed E-state index contributed by atoms with van der Waals surface area (Å²) in [5, 5.41) is 3.07. The van der Waals surface area contributed by atoms with Gasteiger partial charge in [0, 0.05) is 41.7 Å². The number of rotatable bonds is 13. The summed E-state index contributed by atoms with van der Waals surface area (Å²) in [7, 11) is 3.10. The molecule has 0 aliphatic carbocycles. The van der Waals surface area contributed by atoms with Crippen molar-refractivity contribution in [2.45, 2.75) is 45.3 Å². The molecule has 0 spiro atoms. The molecule has 0 aliphatic rings. The van der Waals surface area contributed by atoms with Gasteiger partial charge in [0.2, 0.25) is 5.91 Å². The lowest BCUT2D eigenvalue weighted by Gasteiger charge is -2.32. The van der Waals surface area contributed by atoms with Crippen molar-refractivity contribution in [3.8, 4) is 17.2 Å². The molecule has 0 saturated heterocycles. The average molecular weight is 584 g/mol. The fourth-order valence-corrected chi connectivity index (χ4v) is 4.37. The zero-order valence-electron chi connectivity index (χ0n) is 22.3. The molecule has 0 heterocycles. The van der Waals surface area contributed by atoms with Crippen LogP contribution in [0.3, 0.4) is 0 Å². The first kappa shape index (κ1) is 29.0. The molecule has 0 saturated carbocycles. The number of benzene rings is 3. The Balaban J connectivity index is 1.93. The molecule has 0 radical (unpaired) electrons. The zero-order valence-corrected chi connectivity index (χ0v) is 23.9. The highest BCUT2D eigenvalue weighted by Crippen LogP contribution is 2.27. The van der Waals surface area contributed by atoms with Gasteiger partial charge in [-0.05, 0) is 36.6 Å². The Labute approximate surface area is 233 Å². The number of methoxy groups -OCH3 is 2. The molecule has 3 rings (SSSR count). The van der Waals surface area contributed by atoms with E-state index in [1.54, 1.807) is 37.3 Å². The second-order valence-electron chi connectivity index (χ2n) is 9.01. The fraction of sp³-hybridized carbons (Fsp3) is 0.333. The molecule has 2 atom stereocenters. The van der Waals surface area contributed by atoms with Crippen molar-refractivity contribution < 1.29 is 23.8 Å². The van der Waals surface area contributed by atoms with E-state index in [0.29, 0.717) is 23.7 Å². The van der Waals surface area contributed by atoms with Gasteiger partial charge >= 0.3 is 0 Å². The Morgan fingerprint density at radius 1 is 0.895 bits per heavy atom. The van der Waals surface area contributed by atoms with Gasteiger partial charge in [-0.25, -0.2) is 0 Å². The number of amides is 2. The van der Waals surface area contributed by atoms with Gasteiger partial charge in [0.15, 0.2) is 6.61 Å². The minimum atomic E-state index is -0.735. The minimum absolute atomic E-state index is 0.0240. The van der Waals surface area contributed by atoms with Gasteiger partial charge in [-0.2, -0.15) is 0 Å². The predicted molar refractivity (Wildman–Crippen MR) is 152 cm³/mol. The third-order valence-corrected chi connectivity index (χ3v) is 6.69. The Kier molecular flexibility index (Phi) is 11.0. The van der Waals surface area contributed by atoms with Crippen molar-refractivity contribution in [1.82, 2.24) is 10.2 Å². The van der Waals surface area contributed by atoms with E-state index in [9.17, 15) is 9.59 Å². The topological polar surface area (TPSA) is 77.1 Å². The molecule has 0 aliphatic heterocycles. The second-order valence-corrected chi connectivity index (χ2v) is 9.93. The summed E-state index contributed by atoms with van der Waals surface area (Å²) >= 11 is 3.51. The molecule has 3 aromatic rings. The highest BCUT2D eigenvalue weighted by Gasteiger charge is 2.31. The Hall–Kier alpha value is -3.52. The van der Waals surface area contributed by atoms with Crippen LogP contribution >= 0.6 is 15.9 Å². The van der Waals surface area contributed by atoms with Crippen LogP contribution in [-0.4, -0.2) is 49.6 Å². The minimum Gasteiger partial charge on any atom is -0.496 e. The van der Waals surface area contributed by atoms with E-state index in [1.807, 2.05) is 68.4 Å². The van der Waals surface area contributed by atoms with Crippen LogP contribution in [0.4, 0.5) is 0 Å². The van der Waals surface area contributed by atoms with Crippen molar-refractivity contribution in [3.63, 3.8) is 0 Å². The third kappa shape index (κ3) is 8.52. The lowest BCUT2D eigenvalue weighted by Crippen LogP contribution is -2.53. The summed E-state index contributed by atoms with van der Waals surface area (Å²) in [6.45, 7) is 3.95. The number of halogens is 1. The number of nitrogens with one attached hydrogen (secondary N) is 1. The summed E-state index contributed by atoms with van der Waals surface area (Å²) in [5.41, 5.74) is 1.85. The number of ether oxygens (including phenoxy) is 3. The first-order valence-electron chi connectivity index (χ1n) is 12.6. The first-order valence-corrected chi connectivity index (χ1v) is 13.4. The monoisotopic (exact) mass is 582 g/mol. The van der Waals surface area contributed by atoms with Crippen molar-refractivity contribution >= 4 is 27.7 Å². The summed E-state index contributed by atoms with van der Waals surface area (Å²) < 4.78 is 17.4. The molecule has 0 bridgehead atoms. The number of carbonyl (C=O) groups is 2. The first-order chi connectivity index (χ1) is 18.3. The van der Waals surface area contributed by atoms with Crippen LogP contribution in [0.25, 0.3) is 0 Å². The van der Waals surface area contributed by atoms with Gasteiger partial charge in [0.1, 0.15) is 23.3 Å². The predicted octanol–water partition coefficient (Wildman–Crippen LogP) is 5.40. The van der Waals surface area contributed by atoms with Gasteiger partial charge in [-0.15, -0.1) is 0 Å². The van der Waals surface area contributed by atoms with E-state index < -0.39 is 6.04 Å². The number of nitrogens with zero attached hydrogens (tertiary/aromatic N) is 1. The van der Waals surface area contributed by atoms with Crippen LogP contribution in [0.5, 0.6) is 17.2 Å². The van der Waals surface area contributed by atoms with Crippen LogP contribution in [0.1, 0.15) is 31.4 Å². The van der Waals surface area contributed by atoms with E-state index in [1.165, 1.54) is 0 Å². The second kappa shape index (κ2) is 14.4. The van der Waals surface area contributed by atoms with E-state index in [0.717, 1.165) is 22.0 Å². The van der Waals surface area contributed by atoms with Gasteiger partial charge in [0.25, 0.3) is 5.91 Å². The molecule has 1 N–H and O–H groups in total. The summed E-state index contributed by atoms with van der Waals surface area (Å²) in [6.07, 6.45) is 1.15. The van der Waals surface area contributed by atoms with Crippen LogP contribution < -0.4 is 19.5 Å². The number of hydrogen-bond donors (Lipinski definition) is 1. The maximum atomic E-state index is 13.8. The molecular formula is C30H35BrN2O5. The molecule has 0 fully saturated rings. The van der Waals surface area contributed by atoms with Crippen molar-refractivity contribution in [2.24, 2.45) is 0 Å². The smallest absolute Gasteiger partial charge is 0.261 e. The summed E-state index contributed by atoms with van der Waals surface area (Å²) in [6, 6.07) is 21.8. The van der Waals surface area contributed by atoms with E-state index in [-0.39, 0.29) is 31.0 Å². The lowest BCUT2D eigenvalue weighted by atomic mass is 10.0. The van der Waals surface area contributed by atoms with E-state index >= 15 is 0 Å². The van der Waals surface area contributed by atoms with Crippen LogP contribution in [0, 0.1) is 0 Å². The molecule has 2 amide bonds. The molecule has 3 aromatic carbocycles. The van der Waals surface area contributed by atoms with Crippen LogP contribution in [0.15, 0.2) is 77.3 Å². The van der Waals surface area contributed by atoms with Crippen LogP contribution in [0.2, 0.25) is 0 Å². The quantitative estimate of drug-likeness (QED) is 0.292. The molecule has 0 unspecified atom stereocenters. The summed E-state index contributed by atoms with van der Waals surface area (Å²) in [4.78, 5) is 28.9. The van der Waals surface area contributed by atoms with E-state index in [4.69, 9.17) is 14.2 Å². The largest absolute Gasteiger partial charge is 0.496 e. The zero-order chi connectivity index (χ0) is 27.5. The Bertz CT molecular complexity index is 1180. The van der Waals surface area contributed by atoms with Gasteiger partial charge in [-0.3, -0.25) is 9.59 Å². The standard InChI is InChI=1S/C30H35BrN2O5/c1-5-21(2)32-30(35)28(15-22-10-7-6-8-11-22)33(19-23-12-9-13-24(31)14-23)29(34)20-38-27-17-25(36-3)16-26(18-27)37-4/h6-14,16-18,21,28H,5,15,19-20H2,1-4H3,(H,32,35)/t21-,28-/m1/s1. The van der Waals surface area contributed by atoms with Crippen molar-refractivity contribution in [3.05, 3.63) is 88.4 Å². The fourth-order valence-electron chi connectivity index (χ4n) is 3.92. The van der Waals surface area contributed by atoms with E-state index in [2.05, 4.69) is 21.2 Å².